The molecule has 7 nitrogen and oxygen atoms in total. The monoisotopic (exact) mass is 335 g/mol. The van der Waals surface area contributed by atoms with E-state index in [0.29, 0.717) is 16.4 Å². The SMILES string of the molecule is CN=C1S[C@@H](C(=O)Nc2ccc(C(=O)OC)cc2)CC(=O)N1C. The highest BCUT2D eigenvalue weighted by Gasteiger charge is 2.33. The number of anilines is 1. The van der Waals surface area contributed by atoms with Gasteiger partial charge in [0.1, 0.15) is 5.25 Å². The number of thioether (sulfide) groups is 1. The van der Waals surface area contributed by atoms with Gasteiger partial charge in [-0.1, -0.05) is 11.8 Å². The lowest BCUT2D eigenvalue weighted by Crippen LogP contribution is -2.43. The summed E-state index contributed by atoms with van der Waals surface area (Å²) in [6.07, 6.45) is 0.117. The number of aliphatic imine (C=N–C) groups is 1. The lowest BCUT2D eigenvalue weighted by atomic mass is 10.2. The first-order valence-electron chi connectivity index (χ1n) is 6.85. The van der Waals surface area contributed by atoms with Gasteiger partial charge in [-0.2, -0.15) is 0 Å². The van der Waals surface area contributed by atoms with E-state index in [1.807, 2.05) is 0 Å². The maximum absolute atomic E-state index is 12.3. The van der Waals surface area contributed by atoms with Crippen LogP contribution in [0.1, 0.15) is 16.8 Å². The minimum atomic E-state index is -0.530. The number of amidine groups is 1. The fourth-order valence-corrected chi connectivity index (χ4v) is 3.04. The lowest BCUT2D eigenvalue weighted by Gasteiger charge is -2.28. The summed E-state index contributed by atoms with van der Waals surface area (Å²) in [6, 6.07) is 6.35. The average Bonchev–Trinajstić information content (AvgIpc) is 2.57. The molecule has 1 aliphatic heterocycles. The normalized spacial score (nSPS) is 19.6. The summed E-state index contributed by atoms with van der Waals surface area (Å²) in [5.74, 6) is -0.864. The second kappa shape index (κ2) is 7.28. The van der Waals surface area contributed by atoms with Gasteiger partial charge < -0.3 is 10.1 Å². The van der Waals surface area contributed by atoms with Gasteiger partial charge in [0.15, 0.2) is 5.17 Å². The van der Waals surface area contributed by atoms with Crippen molar-refractivity contribution in [2.24, 2.45) is 4.99 Å². The number of rotatable bonds is 3. The third kappa shape index (κ3) is 3.89. The molecule has 0 unspecified atom stereocenters. The van der Waals surface area contributed by atoms with Crippen molar-refractivity contribution in [2.75, 3.05) is 26.5 Å². The number of hydrogen-bond donors (Lipinski definition) is 1. The predicted molar refractivity (Wildman–Crippen MR) is 88.5 cm³/mol. The molecule has 1 heterocycles. The molecule has 0 radical (unpaired) electrons. The van der Waals surface area contributed by atoms with Crippen LogP contribution < -0.4 is 5.32 Å². The quantitative estimate of drug-likeness (QED) is 0.843. The Morgan fingerprint density at radius 3 is 2.57 bits per heavy atom. The van der Waals surface area contributed by atoms with Gasteiger partial charge in [0.25, 0.3) is 0 Å². The summed E-state index contributed by atoms with van der Waals surface area (Å²) < 4.78 is 4.61. The molecule has 1 atom stereocenters. The molecule has 0 aliphatic carbocycles. The van der Waals surface area contributed by atoms with Gasteiger partial charge in [-0.3, -0.25) is 19.5 Å². The molecule has 2 amide bonds. The highest BCUT2D eigenvalue weighted by Crippen LogP contribution is 2.26. The molecule has 1 fully saturated rings. The molecule has 1 saturated heterocycles. The molecule has 1 aromatic carbocycles. The predicted octanol–water partition coefficient (Wildman–Crippen LogP) is 1.36. The largest absolute Gasteiger partial charge is 0.465 e. The summed E-state index contributed by atoms with van der Waals surface area (Å²) >= 11 is 1.25. The maximum atomic E-state index is 12.3. The maximum Gasteiger partial charge on any atom is 0.337 e. The summed E-state index contributed by atoms with van der Waals surface area (Å²) in [4.78, 5) is 41.0. The first-order chi connectivity index (χ1) is 11.0. The molecule has 1 N–H and O–H groups in total. The molecule has 1 aromatic rings. The van der Waals surface area contributed by atoms with Gasteiger partial charge in [0.05, 0.1) is 12.7 Å². The second-order valence-corrected chi connectivity index (χ2v) is 6.00. The minimum absolute atomic E-state index is 0.117. The standard InChI is InChI=1S/C15H17N3O4S/c1-16-15-18(2)12(19)8-11(23-15)13(20)17-10-6-4-9(5-7-10)14(21)22-3/h4-7,11H,8H2,1-3H3,(H,17,20)/t11-/m1/s1. The average molecular weight is 335 g/mol. The Labute approximate surface area is 138 Å². The van der Waals surface area contributed by atoms with Gasteiger partial charge in [-0.05, 0) is 24.3 Å². The minimum Gasteiger partial charge on any atom is -0.465 e. The zero-order chi connectivity index (χ0) is 17.0. The van der Waals surface area contributed by atoms with Gasteiger partial charge in [0, 0.05) is 26.2 Å². The Hall–Kier alpha value is -2.35. The Kier molecular flexibility index (Phi) is 5.38. The van der Waals surface area contributed by atoms with Crippen LogP contribution >= 0.6 is 11.8 Å². The van der Waals surface area contributed by atoms with E-state index in [-0.39, 0.29) is 18.2 Å². The number of esters is 1. The molecule has 0 aromatic heterocycles. The van der Waals surface area contributed by atoms with Gasteiger partial charge in [-0.15, -0.1) is 0 Å². The van der Waals surface area contributed by atoms with Crippen LogP contribution in [0.3, 0.4) is 0 Å². The Bertz CT molecular complexity index is 657. The number of carbonyl (C=O) groups excluding carboxylic acids is 3. The van der Waals surface area contributed by atoms with E-state index in [9.17, 15) is 14.4 Å². The highest BCUT2D eigenvalue weighted by atomic mass is 32.2. The summed E-state index contributed by atoms with van der Waals surface area (Å²) in [6.45, 7) is 0. The first kappa shape index (κ1) is 17.0. The van der Waals surface area contributed by atoms with Crippen molar-refractivity contribution in [1.82, 2.24) is 4.90 Å². The van der Waals surface area contributed by atoms with Crippen molar-refractivity contribution in [3.63, 3.8) is 0 Å². The van der Waals surface area contributed by atoms with Crippen molar-refractivity contribution >= 4 is 40.4 Å². The number of nitrogens with one attached hydrogen (secondary N) is 1. The van der Waals surface area contributed by atoms with E-state index in [1.165, 1.54) is 23.8 Å². The topological polar surface area (TPSA) is 88.1 Å². The summed E-state index contributed by atoms with van der Waals surface area (Å²) in [5.41, 5.74) is 0.944. The first-order valence-corrected chi connectivity index (χ1v) is 7.73. The fourth-order valence-electron chi connectivity index (χ4n) is 2.03. The van der Waals surface area contributed by atoms with Gasteiger partial charge in [0.2, 0.25) is 11.8 Å². The summed E-state index contributed by atoms with van der Waals surface area (Å²) in [7, 11) is 4.52. The molecule has 23 heavy (non-hydrogen) atoms. The van der Waals surface area contributed by atoms with Crippen molar-refractivity contribution < 1.29 is 19.1 Å². The molecule has 2 rings (SSSR count). The number of hydrogen-bond acceptors (Lipinski definition) is 6. The molecule has 122 valence electrons. The third-order valence-corrected chi connectivity index (χ3v) is 4.66. The number of amides is 2. The van der Waals surface area contributed by atoms with E-state index in [4.69, 9.17) is 0 Å². The van der Waals surface area contributed by atoms with Gasteiger partial charge >= 0.3 is 5.97 Å². The van der Waals surface area contributed by atoms with Gasteiger partial charge in [-0.25, -0.2) is 4.79 Å². The van der Waals surface area contributed by atoms with Crippen molar-refractivity contribution in [1.29, 1.82) is 0 Å². The lowest BCUT2D eigenvalue weighted by molar-refractivity contribution is -0.128. The molecule has 0 bridgehead atoms. The van der Waals surface area contributed by atoms with E-state index in [0.717, 1.165) is 0 Å². The van der Waals surface area contributed by atoms with E-state index >= 15 is 0 Å². The number of carbonyl (C=O) groups is 3. The van der Waals surface area contributed by atoms with Crippen molar-refractivity contribution in [2.45, 2.75) is 11.7 Å². The zero-order valence-corrected chi connectivity index (χ0v) is 13.8. The Morgan fingerprint density at radius 1 is 1.35 bits per heavy atom. The van der Waals surface area contributed by atoms with Crippen LogP contribution in [-0.2, 0) is 14.3 Å². The molecular weight excluding hydrogens is 318 g/mol. The van der Waals surface area contributed by atoms with Crippen LogP contribution in [0.2, 0.25) is 0 Å². The van der Waals surface area contributed by atoms with Crippen molar-refractivity contribution in [3.05, 3.63) is 29.8 Å². The zero-order valence-electron chi connectivity index (χ0n) is 13.0. The second-order valence-electron chi connectivity index (χ2n) is 4.83. The van der Waals surface area contributed by atoms with E-state index in [1.54, 1.807) is 38.4 Å². The van der Waals surface area contributed by atoms with E-state index in [2.05, 4.69) is 15.0 Å². The molecular formula is C15H17N3O4S. The number of methoxy groups -OCH3 is 1. The van der Waals surface area contributed by atoms with Crippen molar-refractivity contribution in [3.8, 4) is 0 Å². The fraction of sp³-hybridized carbons (Fsp3) is 0.333. The molecule has 8 heteroatoms. The smallest absolute Gasteiger partial charge is 0.337 e. The van der Waals surface area contributed by atoms with Crippen LogP contribution in [0.5, 0.6) is 0 Å². The molecule has 0 saturated carbocycles. The van der Waals surface area contributed by atoms with Crippen LogP contribution in [0.25, 0.3) is 0 Å². The summed E-state index contributed by atoms with van der Waals surface area (Å²) in [5, 5.41) is 2.72. The van der Waals surface area contributed by atoms with Crippen LogP contribution in [0.4, 0.5) is 5.69 Å². The Balaban J connectivity index is 2.04. The van der Waals surface area contributed by atoms with Crippen LogP contribution in [0, 0.1) is 0 Å². The third-order valence-electron chi connectivity index (χ3n) is 3.33. The van der Waals surface area contributed by atoms with Crippen LogP contribution in [0.15, 0.2) is 29.3 Å². The highest BCUT2D eigenvalue weighted by molar-refractivity contribution is 8.15. The number of nitrogens with zero attached hydrogens (tertiary/aromatic N) is 2. The number of benzene rings is 1. The molecule has 0 spiro atoms. The Morgan fingerprint density at radius 2 is 2.00 bits per heavy atom. The van der Waals surface area contributed by atoms with Crippen LogP contribution in [-0.4, -0.2) is 54.3 Å². The number of ether oxygens (including phenoxy) is 1. The molecule has 1 aliphatic rings. The van der Waals surface area contributed by atoms with E-state index < -0.39 is 11.2 Å².